The second kappa shape index (κ2) is 7.10. The summed E-state index contributed by atoms with van der Waals surface area (Å²) in [6, 6.07) is 12.3. The first-order valence-corrected chi connectivity index (χ1v) is 10.8. The lowest BCUT2D eigenvalue weighted by atomic mass is 9.62. The Morgan fingerprint density at radius 3 is 2.53 bits per heavy atom. The Bertz CT molecular complexity index is 1160. The van der Waals surface area contributed by atoms with E-state index in [0.29, 0.717) is 16.2 Å². The van der Waals surface area contributed by atoms with Crippen LogP contribution in [-0.4, -0.2) is 16.6 Å². The zero-order valence-corrected chi connectivity index (χ0v) is 17.3. The summed E-state index contributed by atoms with van der Waals surface area (Å²) >= 11 is 6.40. The number of nitrogens with one attached hydrogen (secondary N) is 1. The molecule has 2 aliphatic rings. The van der Waals surface area contributed by atoms with Crippen molar-refractivity contribution in [2.75, 3.05) is 0 Å². The molecule has 1 heterocycles. The number of benzene rings is 2. The van der Waals surface area contributed by atoms with Crippen molar-refractivity contribution in [1.82, 2.24) is 4.98 Å². The van der Waals surface area contributed by atoms with Crippen LogP contribution in [0.5, 0.6) is 5.75 Å². The highest BCUT2D eigenvalue weighted by molar-refractivity contribution is 6.32. The number of nitrogens with two attached hydrogens (primary N) is 1. The molecule has 0 bridgehead atoms. The van der Waals surface area contributed by atoms with E-state index >= 15 is 0 Å². The van der Waals surface area contributed by atoms with Crippen LogP contribution in [-0.2, 0) is 5.41 Å². The molecule has 2 saturated carbocycles. The lowest BCUT2D eigenvalue weighted by Crippen LogP contribution is -2.51. The molecule has 2 fully saturated rings. The molecule has 5 rings (SSSR count). The Kier molecular flexibility index (Phi) is 4.64. The van der Waals surface area contributed by atoms with Crippen LogP contribution in [0.25, 0.3) is 10.8 Å². The number of aromatic nitrogens is 1. The molecule has 156 valence electrons. The second-order valence-corrected chi connectivity index (χ2v) is 9.12. The van der Waals surface area contributed by atoms with E-state index in [-0.39, 0.29) is 28.4 Å². The predicted molar refractivity (Wildman–Crippen MR) is 117 cm³/mol. The number of rotatable bonds is 4. The van der Waals surface area contributed by atoms with Crippen LogP contribution in [0.4, 0.5) is 4.39 Å². The molecule has 4 nitrogen and oxygen atoms in total. The molecule has 0 saturated heterocycles. The Hall–Kier alpha value is -2.37. The maximum Gasteiger partial charge on any atom is 0.255 e. The molecule has 0 spiro atoms. The summed E-state index contributed by atoms with van der Waals surface area (Å²) in [7, 11) is 0. The topological polar surface area (TPSA) is 68.1 Å². The van der Waals surface area contributed by atoms with Crippen molar-refractivity contribution in [1.29, 1.82) is 0 Å². The van der Waals surface area contributed by atoms with E-state index in [4.69, 9.17) is 22.1 Å². The van der Waals surface area contributed by atoms with Gasteiger partial charge in [0.2, 0.25) is 0 Å². The van der Waals surface area contributed by atoms with Crippen molar-refractivity contribution in [3.8, 4) is 5.75 Å². The highest BCUT2D eigenvalue weighted by Gasteiger charge is 2.59. The molecular formula is C24H24ClFN2O2. The lowest BCUT2D eigenvalue weighted by molar-refractivity contribution is 0.0981. The summed E-state index contributed by atoms with van der Waals surface area (Å²) in [5.74, 6) is 0.406. The number of hydrogen-bond acceptors (Lipinski definition) is 3. The summed E-state index contributed by atoms with van der Waals surface area (Å²) in [4.78, 5) is 14.6. The Morgan fingerprint density at radius 2 is 1.83 bits per heavy atom. The summed E-state index contributed by atoms with van der Waals surface area (Å²) in [6.45, 7) is 0. The zero-order chi connectivity index (χ0) is 20.9. The van der Waals surface area contributed by atoms with Gasteiger partial charge >= 0.3 is 0 Å². The quantitative estimate of drug-likeness (QED) is 0.611. The summed E-state index contributed by atoms with van der Waals surface area (Å²) in [5, 5.41) is 1.74. The van der Waals surface area contributed by atoms with E-state index in [1.54, 1.807) is 18.3 Å². The number of ether oxygens (including phenoxy) is 1. The van der Waals surface area contributed by atoms with E-state index in [9.17, 15) is 9.18 Å². The number of hydrogen-bond donors (Lipinski definition) is 2. The molecule has 0 amide bonds. The third kappa shape index (κ3) is 3.12. The minimum Gasteiger partial charge on any atom is -0.489 e. The van der Waals surface area contributed by atoms with Crippen LogP contribution in [0.15, 0.2) is 53.5 Å². The zero-order valence-electron chi connectivity index (χ0n) is 16.6. The Morgan fingerprint density at radius 1 is 1.10 bits per heavy atom. The third-order valence-electron chi connectivity index (χ3n) is 7.04. The minimum absolute atomic E-state index is 0.0239. The third-order valence-corrected chi connectivity index (χ3v) is 7.33. The molecule has 0 radical (unpaired) electrons. The highest BCUT2D eigenvalue weighted by Crippen LogP contribution is 2.57. The van der Waals surface area contributed by atoms with Gasteiger partial charge in [0.25, 0.3) is 5.56 Å². The van der Waals surface area contributed by atoms with Gasteiger partial charge in [-0.3, -0.25) is 4.79 Å². The minimum atomic E-state index is -0.349. The van der Waals surface area contributed by atoms with Crippen molar-refractivity contribution in [2.24, 2.45) is 5.73 Å². The van der Waals surface area contributed by atoms with E-state index in [1.807, 2.05) is 24.3 Å². The normalized spacial score (nSPS) is 25.2. The molecule has 0 aliphatic heterocycles. The number of fused-ring (bicyclic) bond motifs is 1. The molecular weight excluding hydrogens is 403 g/mol. The molecule has 0 unspecified atom stereocenters. The standard InChI is InChI=1S/C24H24ClFN2O2/c25-19-14-17-15(7-12-28-22(17)29)13-21(19)30-16-5-8-23(9-6-16,24(27)10-11-24)18-3-1-2-4-20(18)26/h1-4,7,12-14,16H,5-6,8-11,27H2,(H,28,29)/t16-,23+. The fourth-order valence-corrected chi connectivity index (χ4v) is 5.37. The van der Waals surface area contributed by atoms with Crippen LogP contribution in [0.2, 0.25) is 5.02 Å². The van der Waals surface area contributed by atoms with Gasteiger partial charge in [-0.05, 0) is 73.7 Å². The average Bonchev–Trinajstić information content (AvgIpc) is 3.49. The van der Waals surface area contributed by atoms with Gasteiger partial charge in [-0.25, -0.2) is 4.39 Å². The SMILES string of the molecule is NC1([C@]2(c3ccccc3F)CC[C@H](Oc3cc4cc[nH]c(=O)c4cc3Cl)CC2)CC1. The maximum atomic E-state index is 14.7. The highest BCUT2D eigenvalue weighted by atomic mass is 35.5. The van der Waals surface area contributed by atoms with Gasteiger partial charge in [0.1, 0.15) is 11.6 Å². The smallest absolute Gasteiger partial charge is 0.255 e. The summed E-state index contributed by atoms with van der Waals surface area (Å²) in [6.07, 6.45) is 6.55. The van der Waals surface area contributed by atoms with Crippen LogP contribution >= 0.6 is 11.6 Å². The van der Waals surface area contributed by atoms with Crippen LogP contribution in [0, 0.1) is 5.82 Å². The van der Waals surface area contributed by atoms with Crippen molar-refractivity contribution in [2.45, 2.75) is 55.6 Å². The Labute approximate surface area is 179 Å². The molecule has 3 aromatic rings. The molecule has 1 aromatic heterocycles. The van der Waals surface area contributed by atoms with Crippen LogP contribution in [0.3, 0.4) is 0 Å². The summed E-state index contributed by atoms with van der Waals surface area (Å²) < 4.78 is 21.0. The first-order chi connectivity index (χ1) is 14.4. The van der Waals surface area contributed by atoms with Crippen molar-refractivity contribution in [3.05, 3.63) is 75.4 Å². The van der Waals surface area contributed by atoms with Crippen molar-refractivity contribution >= 4 is 22.4 Å². The molecule has 2 aromatic carbocycles. The molecule has 6 heteroatoms. The van der Waals surface area contributed by atoms with E-state index in [1.165, 1.54) is 6.07 Å². The van der Waals surface area contributed by atoms with Gasteiger partial charge in [-0.2, -0.15) is 0 Å². The van der Waals surface area contributed by atoms with E-state index in [0.717, 1.165) is 49.5 Å². The van der Waals surface area contributed by atoms with Crippen molar-refractivity contribution < 1.29 is 9.13 Å². The average molecular weight is 427 g/mol. The van der Waals surface area contributed by atoms with Gasteiger partial charge < -0.3 is 15.5 Å². The first-order valence-electron chi connectivity index (χ1n) is 10.4. The van der Waals surface area contributed by atoms with Crippen molar-refractivity contribution in [3.63, 3.8) is 0 Å². The van der Waals surface area contributed by atoms with Crippen LogP contribution < -0.4 is 16.0 Å². The fraction of sp³-hybridized carbons (Fsp3) is 0.375. The maximum absolute atomic E-state index is 14.7. The van der Waals surface area contributed by atoms with Gasteiger partial charge in [-0.1, -0.05) is 29.8 Å². The molecule has 30 heavy (non-hydrogen) atoms. The second-order valence-electron chi connectivity index (χ2n) is 8.71. The predicted octanol–water partition coefficient (Wildman–Crippen LogP) is 5.07. The van der Waals surface area contributed by atoms with E-state index in [2.05, 4.69) is 4.98 Å². The monoisotopic (exact) mass is 426 g/mol. The Balaban J connectivity index is 1.39. The summed E-state index contributed by atoms with van der Waals surface area (Å²) in [5.41, 5.74) is 6.58. The largest absolute Gasteiger partial charge is 0.489 e. The number of aromatic amines is 1. The van der Waals surface area contributed by atoms with E-state index < -0.39 is 0 Å². The molecule has 0 atom stereocenters. The number of pyridine rings is 1. The number of H-pyrrole nitrogens is 1. The first kappa shape index (κ1) is 19.6. The van der Waals surface area contributed by atoms with Gasteiger partial charge in [-0.15, -0.1) is 0 Å². The molecule has 3 N–H and O–H groups in total. The van der Waals surface area contributed by atoms with Crippen LogP contribution in [0.1, 0.15) is 44.1 Å². The van der Waals surface area contributed by atoms with Gasteiger partial charge in [0.05, 0.1) is 11.1 Å². The fourth-order valence-electron chi connectivity index (χ4n) is 5.16. The number of halogens is 2. The lowest BCUT2D eigenvalue weighted by Gasteiger charge is -2.45. The van der Waals surface area contributed by atoms with Gasteiger partial charge in [0, 0.05) is 22.5 Å². The molecule has 2 aliphatic carbocycles. The van der Waals surface area contributed by atoms with Gasteiger partial charge in [0.15, 0.2) is 0 Å².